The summed E-state index contributed by atoms with van der Waals surface area (Å²) in [6.07, 6.45) is -2.02. The zero-order valence-electron chi connectivity index (χ0n) is 8.56. The quantitative estimate of drug-likeness (QED) is 0.765. The molecule has 0 saturated carbocycles. The molecule has 0 aromatic carbocycles. The molecule has 0 fully saturated rings. The normalized spacial score (nSPS) is 9.88. The summed E-state index contributed by atoms with van der Waals surface area (Å²) in [5.41, 5.74) is 0.477. The van der Waals surface area contributed by atoms with Gasteiger partial charge in [-0.25, -0.2) is 9.59 Å². The maximum absolute atomic E-state index is 10.8. The van der Waals surface area contributed by atoms with E-state index in [0.29, 0.717) is 5.56 Å². The second-order valence-corrected chi connectivity index (χ2v) is 2.54. The number of aromatic nitrogens is 1. The maximum atomic E-state index is 10.8. The highest BCUT2D eigenvalue weighted by Gasteiger charge is 2.38. The van der Waals surface area contributed by atoms with Crippen molar-refractivity contribution in [3.63, 3.8) is 0 Å². The summed E-state index contributed by atoms with van der Waals surface area (Å²) in [4.78, 5) is 23.4. The number of halogens is 3. The SMILES string of the molecule is COC(=O)c1cccnc1.O=C(O)C(F)(F)F. The van der Waals surface area contributed by atoms with E-state index in [4.69, 9.17) is 9.90 Å². The molecule has 17 heavy (non-hydrogen) atoms. The van der Waals surface area contributed by atoms with E-state index in [1.165, 1.54) is 13.3 Å². The molecule has 1 N–H and O–H groups in total. The van der Waals surface area contributed by atoms with E-state index in [0.717, 1.165) is 0 Å². The molecule has 0 unspecified atom stereocenters. The Balaban J connectivity index is 0.000000325. The molecule has 1 aromatic rings. The largest absolute Gasteiger partial charge is 0.490 e. The second-order valence-electron chi connectivity index (χ2n) is 2.54. The molecule has 1 aromatic heterocycles. The summed E-state index contributed by atoms with van der Waals surface area (Å²) < 4.78 is 36.2. The number of carboxylic acids is 1. The predicted octanol–water partition coefficient (Wildman–Crippen LogP) is 1.50. The van der Waals surface area contributed by atoms with Gasteiger partial charge < -0.3 is 9.84 Å². The third-order valence-electron chi connectivity index (χ3n) is 1.33. The Morgan fingerprint density at radius 2 is 1.94 bits per heavy atom. The van der Waals surface area contributed by atoms with Crippen LogP contribution in [-0.4, -0.2) is 35.3 Å². The van der Waals surface area contributed by atoms with Crippen molar-refractivity contribution in [1.29, 1.82) is 0 Å². The van der Waals surface area contributed by atoms with Gasteiger partial charge in [-0.05, 0) is 12.1 Å². The van der Waals surface area contributed by atoms with Gasteiger partial charge in [-0.15, -0.1) is 0 Å². The van der Waals surface area contributed by atoms with Crippen LogP contribution in [0.2, 0.25) is 0 Å². The predicted molar refractivity (Wildman–Crippen MR) is 49.3 cm³/mol. The first-order valence-corrected chi connectivity index (χ1v) is 4.07. The highest BCUT2D eigenvalue weighted by atomic mass is 19.4. The van der Waals surface area contributed by atoms with Crippen molar-refractivity contribution in [2.45, 2.75) is 6.18 Å². The Labute approximate surface area is 93.8 Å². The summed E-state index contributed by atoms with van der Waals surface area (Å²) in [6, 6.07) is 3.34. The number of hydrogen-bond acceptors (Lipinski definition) is 4. The number of nitrogens with zero attached hydrogens (tertiary/aromatic N) is 1. The molecule has 0 radical (unpaired) electrons. The number of carboxylic acid groups (broad SMARTS) is 1. The highest BCUT2D eigenvalue weighted by molar-refractivity contribution is 5.88. The number of methoxy groups -OCH3 is 1. The van der Waals surface area contributed by atoms with Gasteiger partial charge in [0.1, 0.15) is 0 Å². The number of pyridine rings is 1. The molecule has 5 nitrogen and oxygen atoms in total. The molecule has 8 heteroatoms. The smallest absolute Gasteiger partial charge is 0.475 e. The number of carbonyl (C=O) groups is 2. The number of esters is 1. The summed E-state index contributed by atoms with van der Waals surface area (Å²) >= 11 is 0. The first-order chi connectivity index (χ1) is 7.79. The Morgan fingerprint density at radius 3 is 2.24 bits per heavy atom. The minimum atomic E-state index is -5.08. The summed E-state index contributed by atoms with van der Waals surface area (Å²) in [7, 11) is 1.34. The van der Waals surface area contributed by atoms with E-state index in [2.05, 4.69) is 9.72 Å². The average Bonchev–Trinajstić information content (AvgIpc) is 2.28. The Bertz CT molecular complexity index is 378. The Morgan fingerprint density at radius 1 is 1.41 bits per heavy atom. The molecule has 94 valence electrons. The van der Waals surface area contributed by atoms with Crippen LogP contribution in [0.3, 0.4) is 0 Å². The van der Waals surface area contributed by atoms with E-state index >= 15 is 0 Å². The third kappa shape index (κ3) is 6.13. The topological polar surface area (TPSA) is 76.5 Å². The van der Waals surface area contributed by atoms with Crippen LogP contribution < -0.4 is 0 Å². The lowest BCUT2D eigenvalue weighted by Gasteiger charge is -1.94. The van der Waals surface area contributed by atoms with Gasteiger partial charge in [0.05, 0.1) is 12.7 Å². The van der Waals surface area contributed by atoms with Crippen LogP contribution in [0.4, 0.5) is 13.2 Å². The van der Waals surface area contributed by atoms with Crippen molar-refractivity contribution in [3.8, 4) is 0 Å². The molecule has 0 saturated heterocycles. The van der Waals surface area contributed by atoms with E-state index in [1.807, 2.05) is 0 Å². The molecule has 1 heterocycles. The van der Waals surface area contributed by atoms with Crippen molar-refractivity contribution in [2.75, 3.05) is 7.11 Å². The van der Waals surface area contributed by atoms with Crippen LogP contribution in [0, 0.1) is 0 Å². The fourth-order valence-electron chi connectivity index (χ4n) is 0.601. The van der Waals surface area contributed by atoms with Crippen LogP contribution in [0.1, 0.15) is 10.4 Å². The zero-order valence-corrected chi connectivity index (χ0v) is 8.56. The van der Waals surface area contributed by atoms with Crippen LogP contribution >= 0.6 is 0 Å². The lowest BCUT2D eigenvalue weighted by molar-refractivity contribution is -0.192. The fraction of sp³-hybridized carbons (Fsp3) is 0.222. The van der Waals surface area contributed by atoms with Crippen molar-refractivity contribution < 1.29 is 32.6 Å². The van der Waals surface area contributed by atoms with Gasteiger partial charge >= 0.3 is 18.1 Å². The van der Waals surface area contributed by atoms with Crippen molar-refractivity contribution >= 4 is 11.9 Å². The monoisotopic (exact) mass is 251 g/mol. The minimum Gasteiger partial charge on any atom is -0.475 e. The molecule has 0 atom stereocenters. The van der Waals surface area contributed by atoms with E-state index < -0.39 is 12.1 Å². The van der Waals surface area contributed by atoms with Gasteiger partial charge in [0.2, 0.25) is 0 Å². The average molecular weight is 251 g/mol. The number of ether oxygens (including phenoxy) is 1. The van der Waals surface area contributed by atoms with Gasteiger partial charge in [-0.3, -0.25) is 4.98 Å². The lowest BCUT2D eigenvalue weighted by atomic mass is 10.3. The van der Waals surface area contributed by atoms with E-state index in [9.17, 15) is 18.0 Å². The van der Waals surface area contributed by atoms with E-state index in [-0.39, 0.29) is 5.97 Å². The summed E-state index contributed by atoms with van der Waals surface area (Å²) in [6.45, 7) is 0. The van der Waals surface area contributed by atoms with Crippen LogP contribution in [-0.2, 0) is 9.53 Å². The van der Waals surface area contributed by atoms with Crippen LogP contribution in [0.5, 0.6) is 0 Å². The first kappa shape index (κ1) is 14.9. The first-order valence-electron chi connectivity index (χ1n) is 4.07. The van der Waals surface area contributed by atoms with Gasteiger partial charge in [0, 0.05) is 12.4 Å². The Kier molecular flexibility index (Phi) is 5.65. The minimum absolute atomic E-state index is 0.354. The van der Waals surface area contributed by atoms with Crippen LogP contribution in [0.25, 0.3) is 0 Å². The van der Waals surface area contributed by atoms with Gasteiger partial charge in [-0.1, -0.05) is 0 Å². The molecule has 0 bridgehead atoms. The van der Waals surface area contributed by atoms with Gasteiger partial charge in [-0.2, -0.15) is 13.2 Å². The van der Waals surface area contributed by atoms with Crippen molar-refractivity contribution in [3.05, 3.63) is 30.1 Å². The third-order valence-corrected chi connectivity index (χ3v) is 1.33. The van der Waals surface area contributed by atoms with Crippen molar-refractivity contribution in [2.24, 2.45) is 0 Å². The molecule has 0 aliphatic carbocycles. The molecule has 0 amide bonds. The van der Waals surface area contributed by atoms with Crippen LogP contribution in [0.15, 0.2) is 24.5 Å². The highest BCUT2D eigenvalue weighted by Crippen LogP contribution is 2.13. The summed E-state index contributed by atoms with van der Waals surface area (Å²) in [5, 5.41) is 7.12. The fourth-order valence-corrected chi connectivity index (χ4v) is 0.601. The molecule has 0 spiro atoms. The van der Waals surface area contributed by atoms with Crippen molar-refractivity contribution in [1.82, 2.24) is 4.98 Å². The van der Waals surface area contributed by atoms with Gasteiger partial charge in [0.25, 0.3) is 0 Å². The number of alkyl halides is 3. The Hall–Kier alpha value is -2.12. The standard InChI is InChI=1S/C7H7NO2.C2HF3O2/c1-10-7(9)6-3-2-4-8-5-6;3-2(4,5)1(6)7/h2-5H,1H3;(H,6,7). The second kappa shape index (κ2) is 6.46. The lowest BCUT2D eigenvalue weighted by Crippen LogP contribution is -2.21. The molecule has 1 rings (SSSR count). The molecular weight excluding hydrogens is 243 g/mol. The number of hydrogen-bond donors (Lipinski definition) is 1. The zero-order chi connectivity index (χ0) is 13.5. The van der Waals surface area contributed by atoms with Gasteiger partial charge in [0.15, 0.2) is 0 Å². The molecule has 0 aliphatic heterocycles. The molecular formula is C9H8F3NO4. The number of aliphatic carboxylic acids is 1. The molecule has 0 aliphatic rings. The summed E-state index contributed by atoms with van der Waals surface area (Å²) in [5.74, 6) is -3.11. The van der Waals surface area contributed by atoms with E-state index in [1.54, 1.807) is 18.3 Å². The maximum Gasteiger partial charge on any atom is 0.490 e. The number of rotatable bonds is 1. The number of carbonyl (C=O) groups excluding carboxylic acids is 1.